The van der Waals surface area contributed by atoms with Crippen LogP contribution in [0, 0.1) is 5.41 Å². The summed E-state index contributed by atoms with van der Waals surface area (Å²) in [4.78, 5) is 20.5. The van der Waals surface area contributed by atoms with Gasteiger partial charge in [-0.15, -0.1) is 0 Å². The quantitative estimate of drug-likeness (QED) is 0.666. The van der Waals surface area contributed by atoms with Crippen molar-refractivity contribution in [2.45, 2.75) is 83.5 Å². The molecule has 2 aliphatic carbocycles. The molecule has 0 aromatic heterocycles. The zero-order valence-corrected chi connectivity index (χ0v) is 20.3. The first-order valence-corrected chi connectivity index (χ1v) is 12.1. The molecule has 1 aromatic carbocycles. The molecule has 0 spiro atoms. The van der Waals surface area contributed by atoms with E-state index in [4.69, 9.17) is 4.74 Å². The van der Waals surface area contributed by atoms with Crippen LogP contribution < -0.4 is 0 Å². The first-order chi connectivity index (χ1) is 14.6. The Morgan fingerprint density at radius 1 is 1.13 bits per heavy atom. The molecular weight excluding hydrogens is 386 g/mol. The zero-order valence-electron chi connectivity index (χ0n) is 20.3. The maximum atomic E-state index is 13.3. The van der Waals surface area contributed by atoms with Crippen molar-refractivity contribution in [3.63, 3.8) is 0 Å². The number of benzene rings is 1. The molecule has 5 heteroatoms. The van der Waals surface area contributed by atoms with E-state index in [9.17, 15) is 4.79 Å². The minimum Gasteiger partial charge on any atom is -0.444 e. The fourth-order valence-corrected chi connectivity index (χ4v) is 5.15. The third kappa shape index (κ3) is 5.43. The van der Waals surface area contributed by atoms with Gasteiger partial charge in [0.15, 0.2) is 0 Å². The zero-order chi connectivity index (χ0) is 22.4. The van der Waals surface area contributed by atoms with E-state index >= 15 is 0 Å². The van der Waals surface area contributed by atoms with Crippen molar-refractivity contribution in [3.05, 3.63) is 35.9 Å². The second-order valence-electron chi connectivity index (χ2n) is 11.5. The molecule has 1 aliphatic heterocycles. The van der Waals surface area contributed by atoms with E-state index in [2.05, 4.69) is 65.9 Å². The van der Waals surface area contributed by atoms with E-state index in [0.717, 1.165) is 32.6 Å². The first-order valence-electron chi connectivity index (χ1n) is 12.1. The van der Waals surface area contributed by atoms with Crippen LogP contribution >= 0.6 is 0 Å². The minimum atomic E-state index is -0.468. The number of carbonyl (C=O) groups excluding carboxylic acids is 1. The molecule has 1 heterocycles. The van der Waals surface area contributed by atoms with Gasteiger partial charge < -0.3 is 14.5 Å². The first kappa shape index (κ1) is 22.6. The predicted octanol–water partition coefficient (Wildman–Crippen LogP) is 4.58. The van der Waals surface area contributed by atoms with Crippen molar-refractivity contribution < 1.29 is 9.53 Å². The van der Waals surface area contributed by atoms with Gasteiger partial charge in [0.05, 0.1) is 0 Å². The molecule has 172 valence electrons. The van der Waals surface area contributed by atoms with Gasteiger partial charge in [-0.3, -0.25) is 4.90 Å². The molecule has 4 rings (SSSR count). The van der Waals surface area contributed by atoms with E-state index < -0.39 is 5.60 Å². The molecular formula is C26H41N3O2. The van der Waals surface area contributed by atoms with Crippen molar-refractivity contribution in [1.82, 2.24) is 14.7 Å². The predicted molar refractivity (Wildman–Crippen MR) is 125 cm³/mol. The summed E-state index contributed by atoms with van der Waals surface area (Å²) in [7, 11) is 2.23. The monoisotopic (exact) mass is 427 g/mol. The number of hydrogen-bond acceptors (Lipinski definition) is 4. The number of rotatable bonds is 6. The van der Waals surface area contributed by atoms with E-state index in [1.807, 2.05) is 20.8 Å². The van der Waals surface area contributed by atoms with Crippen molar-refractivity contribution in [3.8, 4) is 0 Å². The molecule has 2 saturated carbocycles. The molecule has 0 N–H and O–H groups in total. The smallest absolute Gasteiger partial charge is 0.410 e. The van der Waals surface area contributed by atoms with Crippen molar-refractivity contribution in [1.29, 1.82) is 0 Å². The van der Waals surface area contributed by atoms with Crippen molar-refractivity contribution in [2.75, 3.05) is 33.2 Å². The highest BCUT2D eigenvalue weighted by molar-refractivity contribution is 5.69. The Hall–Kier alpha value is -1.59. The normalized spacial score (nSPS) is 30.6. The van der Waals surface area contributed by atoms with Crippen LogP contribution in [0.15, 0.2) is 30.3 Å². The van der Waals surface area contributed by atoms with E-state index in [0.29, 0.717) is 18.0 Å². The molecule has 0 bridgehead atoms. The summed E-state index contributed by atoms with van der Waals surface area (Å²) in [6.45, 7) is 14.7. The minimum absolute atomic E-state index is 0.137. The summed E-state index contributed by atoms with van der Waals surface area (Å²) in [5.41, 5.74) is 1.10. The van der Waals surface area contributed by atoms with Gasteiger partial charge in [-0.1, -0.05) is 30.3 Å². The van der Waals surface area contributed by atoms with Crippen LogP contribution in [-0.4, -0.2) is 77.7 Å². The van der Waals surface area contributed by atoms with Gasteiger partial charge in [0.2, 0.25) is 0 Å². The molecule has 1 amide bonds. The van der Waals surface area contributed by atoms with Crippen LogP contribution in [0.2, 0.25) is 0 Å². The summed E-state index contributed by atoms with van der Waals surface area (Å²) >= 11 is 0. The molecule has 3 fully saturated rings. The summed E-state index contributed by atoms with van der Waals surface area (Å²) in [5, 5.41) is 0. The van der Waals surface area contributed by atoms with E-state index in [-0.39, 0.29) is 17.6 Å². The highest BCUT2D eigenvalue weighted by atomic mass is 16.6. The van der Waals surface area contributed by atoms with Crippen LogP contribution in [-0.2, 0) is 4.74 Å². The molecule has 0 radical (unpaired) electrons. The Kier molecular flexibility index (Phi) is 6.12. The fraction of sp³-hybridized carbons (Fsp3) is 0.731. The summed E-state index contributed by atoms with van der Waals surface area (Å²) in [6.07, 6.45) is 3.33. The number of likely N-dealkylation sites (N-methyl/N-ethyl adjacent to an activating group) is 1. The van der Waals surface area contributed by atoms with Crippen LogP contribution in [0.4, 0.5) is 4.79 Å². The molecule has 0 unspecified atom stereocenters. The average Bonchev–Trinajstić information content (AvgIpc) is 3.60. The maximum Gasteiger partial charge on any atom is 0.410 e. The average molecular weight is 428 g/mol. The Labute approximate surface area is 188 Å². The topological polar surface area (TPSA) is 36.0 Å². The van der Waals surface area contributed by atoms with Crippen molar-refractivity contribution in [2.24, 2.45) is 5.41 Å². The lowest BCUT2D eigenvalue weighted by Crippen LogP contribution is -2.56. The van der Waals surface area contributed by atoms with Gasteiger partial charge in [-0.05, 0) is 66.5 Å². The number of amides is 1. The summed E-state index contributed by atoms with van der Waals surface area (Å²) < 4.78 is 5.87. The Bertz CT molecular complexity index is 771. The SMILES string of the molecule is C[C@@H]1CN(CC2(CN(C(=O)OC(C)(C)C)[C@H]3C[C@@H]3c3ccccc3)CC2)[C@@H](C)CN1C. The van der Waals surface area contributed by atoms with Gasteiger partial charge >= 0.3 is 6.09 Å². The Balaban J connectivity index is 1.46. The lowest BCUT2D eigenvalue weighted by atomic mass is 10.0. The number of nitrogens with zero attached hydrogens (tertiary/aromatic N) is 3. The largest absolute Gasteiger partial charge is 0.444 e. The third-order valence-electron chi connectivity index (χ3n) is 7.44. The molecule has 3 aliphatic rings. The van der Waals surface area contributed by atoms with Gasteiger partial charge in [0.1, 0.15) is 5.60 Å². The second-order valence-corrected chi connectivity index (χ2v) is 11.5. The van der Waals surface area contributed by atoms with Gasteiger partial charge in [-0.2, -0.15) is 0 Å². The number of carbonyl (C=O) groups is 1. The lowest BCUT2D eigenvalue weighted by Gasteiger charge is -2.44. The Morgan fingerprint density at radius 3 is 2.42 bits per heavy atom. The maximum absolute atomic E-state index is 13.3. The molecule has 5 nitrogen and oxygen atoms in total. The fourth-order valence-electron chi connectivity index (χ4n) is 5.15. The number of ether oxygens (including phenoxy) is 1. The van der Waals surface area contributed by atoms with Gasteiger partial charge in [0.25, 0.3) is 0 Å². The van der Waals surface area contributed by atoms with Crippen LogP contribution in [0.25, 0.3) is 0 Å². The van der Waals surface area contributed by atoms with Gasteiger partial charge in [-0.25, -0.2) is 4.79 Å². The van der Waals surface area contributed by atoms with E-state index in [1.54, 1.807) is 0 Å². The molecule has 31 heavy (non-hydrogen) atoms. The van der Waals surface area contributed by atoms with Crippen molar-refractivity contribution >= 4 is 6.09 Å². The van der Waals surface area contributed by atoms with Crippen LogP contribution in [0.5, 0.6) is 0 Å². The standard InChI is InChI=1S/C26H41N3O2/c1-19-16-28(20(2)15-27(19)6)17-26(12-13-26)18-29(24(30)31-25(3,4)5)23-14-22(23)21-10-8-7-9-11-21/h7-11,19-20,22-23H,12-18H2,1-6H3/t19-,20+,22-,23+/m1/s1. The second kappa shape index (κ2) is 8.40. The highest BCUT2D eigenvalue weighted by Gasteiger charge is 2.53. The van der Waals surface area contributed by atoms with Crippen LogP contribution in [0.3, 0.4) is 0 Å². The van der Waals surface area contributed by atoms with Gasteiger partial charge in [0, 0.05) is 55.6 Å². The number of piperazine rings is 1. The molecule has 1 saturated heterocycles. The summed E-state index contributed by atoms with van der Waals surface area (Å²) in [6, 6.07) is 12.0. The summed E-state index contributed by atoms with van der Waals surface area (Å²) in [5.74, 6) is 0.437. The lowest BCUT2D eigenvalue weighted by molar-refractivity contribution is 0.0106. The highest BCUT2D eigenvalue weighted by Crippen LogP contribution is 2.52. The number of hydrogen-bond donors (Lipinski definition) is 0. The third-order valence-corrected chi connectivity index (χ3v) is 7.44. The molecule has 1 aromatic rings. The van der Waals surface area contributed by atoms with Crippen LogP contribution in [0.1, 0.15) is 65.4 Å². The Morgan fingerprint density at radius 2 is 1.81 bits per heavy atom. The molecule has 4 atom stereocenters. The van der Waals surface area contributed by atoms with E-state index in [1.165, 1.54) is 18.4 Å².